The maximum absolute atomic E-state index is 13.3. The van der Waals surface area contributed by atoms with Crippen LogP contribution in [0.2, 0.25) is 0 Å². The molecule has 15 heavy (non-hydrogen) atoms. The Bertz CT molecular complexity index is 350. The summed E-state index contributed by atoms with van der Waals surface area (Å²) >= 11 is 0. The molecule has 2 nitrogen and oxygen atoms in total. The molecule has 1 atom stereocenters. The molecule has 0 aromatic heterocycles. The number of nitrogens with one attached hydrogen (secondary N) is 1. The fourth-order valence-corrected chi connectivity index (χ4v) is 1.49. The lowest BCUT2D eigenvalue weighted by Crippen LogP contribution is -2.29. The molecule has 1 fully saturated rings. The van der Waals surface area contributed by atoms with Gasteiger partial charge in [0.25, 0.3) is 0 Å². The van der Waals surface area contributed by atoms with E-state index in [1.807, 2.05) is 0 Å². The highest BCUT2D eigenvalue weighted by atomic mass is 19.1. The summed E-state index contributed by atoms with van der Waals surface area (Å²) in [7, 11) is 0. The van der Waals surface area contributed by atoms with Crippen molar-refractivity contribution in [1.82, 2.24) is 5.32 Å². The molecular weight excluding hydrogens is 198 g/mol. The molecule has 3 N–H and O–H groups in total. The Morgan fingerprint density at radius 2 is 2.13 bits per heavy atom. The lowest BCUT2D eigenvalue weighted by Gasteiger charge is -2.13. The lowest BCUT2D eigenvalue weighted by atomic mass is 10.1. The molecule has 1 saturated carbocycles. The first-order valence-electron chi connectivity index (χ1n) is 5.10. The largest absolute Gasteiger partial charge is 0.323 e. The molecule has 82 valence electrons. The molecule has 1 aliphatic rings. The van der Waals surface area contributed by atoms with E-state index in [-0.39, 0.29) is 5.56 Å². The van der Waals surface area contributed by atoms with Crippen molar-refractivity contribution >= 4 is 0 Å². The maximum Gasteiger partial charge on any atom is 0.128 e. The van der Waals surface area contributed by atoms with Gasteiger partial charge in [0.15, 0.2) is 0 Å². The van der Waals surface area contributed by atoms with E-state index < -0.39 is 17.7 Å². The number of nitrogens with two attached hydrogens (primary N) is 1. The molecule has 0 bridgehead atoms. The average Bonchev–Trinajstić information content (AvgIpc) is 3.02. The van der Waals surface area contributed by atoms with Crippen LogP contribution >= 0.6 is 0 Å². The van der Waals surface area contributed by atoms with Crippen molar-refractivity contribution < 1.29 is 8.78 Å². The Morgan fingerprint density at radius 1 is 1.40 bits per heavy atom. The van der Waals surface area contributed by atoms with E-state index in [1.54, 1.807) is 0 Å². The zero-order valence-corrected chi connectivity index (χ0v) is 8.34. The molecule has 1 unspecified atom stereocenters. The highest BCUT2D eigenvalue weighted by Crippen LogP contribution is 2.21. The van der Waals surface area contributed by atoms with Gasteiger partial charge in [-0.25, -0.2) is 8.78 Å². The number of hydrogen-bond donors (Lipinski definition) is 2. The minimum Gasteiger partial charge on any atom is -0.323 e. The number of rotatable bonds is 4. The van der Waals surface area contributed by atoms with Crippen molar-refractivity contribution in [2.45, 2.75) is 24.9 Å². The monoisotopic (exact) mass is 212 g/mol. The van der Waals surface area contributed by atoms with Gasteiger partial charge in [0.05, 0.1) is 0 Å². The minimum atomic E-state index is -0.485. The molecular formula is C11H14F2N2. The van der Waals surface area contributed by atoms with Crippen molar-refractivity contribution in [3.63, 3.8) is 0 Å². The van der Waals surface area contributed by atoms with Crippen molar-refractivity contribution in [1.29, 1.82) is 0 Å². The van der Waals surface area contributed by atoms with Gasteiger partial charge in [-0.1, -0.05) is 0 Å². The maximum atomic E-state index is 13.3. The Labute approximate surface area is 87.5 Å². The van der Waals surface area contributed by atoms with Gasteiger partial charge >= 0.3 is 0 Å². The first kappa shape index (κ1) is 10.5. The lowest BCUT2D eigenvalue weighted by molar-refractivity contribution is 0.536. The van der Waals surface area contributed by atoms with Gasteiger partial charge in [0.2, 0.25) is 0 Å². The summed E-state index contributed by atoms with van der Waals surface area (Å²) in [5.74, 6) is -0.894. The second kappa shape index (κ2) is 4.24. The van der Waals surface area contributed by atoms with E-state index in [2.05, 4.69) is 5.32 Å². The molecule has 0 amide bonds. The van der Waals surface area contributed by atoms with Crippen LogP contribution in [0.5, 0.6) is 0 Å². The van der Waals surface area contributed by atoms with Gasteiger partial charge < -0.3 is 11.1 Å². The van der Waals surface area contributed by atoms with Crippen LogP contribution in [0.4, 0.5) is 8.78 Å². The van der Waals surface area contributed by atoms with Crippen LogP contribution in [0.3, 0.4) is 0 Å². The van der Waals surface area contributed by atoms with Crippen molar-refractivity contribution in [3.05, 3.63) is 35.4 Å². The summed E-state index contributed by atoms with van der Waals surface area (Å²) in [6, 6.07) is 3.41. The molecule has 0 spiro atoms. The van der Waals surface area contributed by atoms with Crippen LogP contribution in [0.15, 0.2) is 18.2 Å². The first-order chi connectivity index (χ1) is 7.16. The van der Waals surface area contributed by atoms with E-state index >= 15 is 0 Å². The quantitative estimate of drug-likeness (QED) is 0.797. The molecule has 1 aromatic carbocycles. The smallest absolute Gasteiger partial charge is 0.128 e. The van der Waals surface area contributed by atoms with E-state index in [0.717, 1.165) is 31.0 Å². The summed E-state index contributed by atoms with van der Waals surface area (Å²) in [5.41, 5.74) is 6.01. The normalized spacial score (nSPS) is 17.8. The summed E-state index contributed by atoms with van der Waals surface area (Å²) in [6.07, 6.45) is 2.30. The average molecular weight is 212 g/mol. The second-order valence-electron chi connectivity index (χ2n) is 3.95. The number of benzene rings is 1. The first-order valence-corrected chi connectivity index (χ1v) is 5.10. The molecule has 0 radical (unpaired) electrons. The molecule has 0 saturated heterocycles. The summed E-state index contributed by atoms with van der Waals surface area (Å²) < 4.78 is 26.2. The van der Waals surface area contributed by atoms with Crippen LogP contribution in [0.1, 0.15) is 24.4 Å². The van der Waals surface area contributed by atoms with Gasteiger partial charge in [-0.3, -0.25) is 0 Å². The van der Waals surface area contributed by atoms with Crippen LogP contribution in [0.25, 0.3) is 0 Å². The Kier molecular flexibility index (Phi) is 2.98. The molecule has 0 heterocycles. The van der Waals surface area contributed by atoms with E-state index in [0.29, 0.717) is 12.6 Å². The molecule has 1 aromatic rings. The van der Waals surface area contributed by atoms with Crippen molar-refractivity contribution in [2.75, 3.05) is 6.54 Å². The standard InChI is InChI=1S/C11H14F2N2/c12-7-1-4-10(13)9(5-7)11(14)6-15-8-2-3-8/h1,4-5,8,11,15H,2-3,6,14H2. The van der Waals surface area contributed by atoms with E-state index in [1.165, 1.54) is 0 Å². The van der Waals surface area contributed by atoms with Gasteiger partial charge in [-0.05, 0) is 31.0 Å². The topological polar surface area (TPSA) is 38.0 Å². The van der Waals surface area contributed by atoms with Gasteiger partial charge in [0.1, 0.15) is 11.6 Å². The second-order valence-corrected chi connectivity index (χ2v) is 3.95. The van der Waals surface area contributed by atoms with Gasteiger partial charge in [0, 0.05) is 24.2 Å². The minimum absolute atomic E-state index is 0.239. The summed E-state index contributed by atoms with van der Waals surface area (Å²) in [5, 5.41) is 3.19. The Balaban J connectivity index is 2.02. The van der Waals surface area contributed by atoms with Crippen molar-refractivity contribution in [3.8, 4) is 0 Å². The van der Waals surface area contributed by atoms with Crippen LogP contribution < -0.4 is 11.1 Å². The summed E-state index contributed by atoms with van der Waals surface area (Å²) in [4.78, 5) is 0. The highest BCUT2D eigenvalue weighted by Gasteiger charge is 2.22. The SMILES string of the molecule is NC(CNC1CC1)c1cc(F)ccc1F. The molecule has 4 heteroatoms. The van der Waals surface area contributed by atoms with Gasteiger partial charge in [-0.2, -0.15) is 0 Å². The van der Waals surface area contributed by atoms with E-state index in [4.69, 9.17) is 5.73 Å². The zero-order chi connectivity index (χ0) is 10.8. The molecule has 0 aliphatic heterocycles. The van der Waals surface area contributed by atoms with Crippen LogP contribution in [0, 0.1) is 11.6 Å². The fraction of sp³-hybridized carbons (Fsp3) is 0.455. The third kappa shape index (κ3) is 2.73. The Morgan fingerprint density at radius 3 is 2.80 bits per heavy atom. The highest BCUT2D eigenvalue weighted by molar-refractivity contribution is 5.22. The van der Waals surface area contributed by atoms with E-state index in [9.17, 15) is 8.78 Å². The van der Waals surface area contributed by atoms with Crippen LogP contribution in [-0.4, -0.2) is 12.6 Å². The third-order valence-corrected chi connectivity index (χ3v) is 2.56. The van der Waals surface area contributed by atoms with Crippen LogP contribution in [-0.2, 0) is 0 Å². The van der Waals surface area contributed by atoms with Gasteiger partial charge in [-0.15, -0.1) is 0 Å². The fourth-order valence-electron chi connectivity index (χ4n) is 1.49. The molecule has 1 aliphatic carbocycles. The molecule has 2 rings (SSSR count). The summed E-state index contributed by atoms with van der Waals surface area (Å²) in [6.45, 7) is 0.491. The zero-order valence-electron chi connectivity index (χ0n) is 8.34. The third-order valence-electron chi connectivity index (χ3n) is 2.56. The predicted molar refractivity (Wildman–Crippen MR) is 54.3 cm³/mol. The van der Waals surface area contributed by atoms with Crippen molar-refractivity contribution in [2.24, 2.45) is 5.73 Å². The predicted octanol–water partition coefficient (Wildman–Crippen LogP) is 1.72. The number of halogens is 2. The number of hydrogen-bond acceptors (Lipinski definition) is 2. The Hall–Kier alpha value is -1.00.